The summed E-state index contributed by atoms with van der Waals surface area (Å²) >= 11 is 1.80. The average molecular weight is 348 g/mol. The lowest BCUT2D eigenvalue weighted by atomic mass is 10.2. The zero-order valence-corrected chi connectivity index (χ0v) is 13.6. The lowest BCUT2D eigenvalue weighted by Crippen LogP contribution is -2.39. The first kappa shape index (κ1) is 15.8. The van der Waals surface area contributed by atoms with E-state index in [2.05, 4.69) is 0 Å². The van der Waals surface area contributed by atoms with Crippen LogP contribution in [0.4, 0.5) is 9.59 Å². The zero-order chi connectivity index (χ0) is 16.4. The van der Waals surface area contributed by atoms with Gasteiger partial charge in [0.25, 0.3) is 16.4 Å². The number of thioether (sulfide) groups is 2. The lowest BCUT2D eigenvalue weighted by Gasteiger charge is -2.17. The van der Waals surface area contributed by atoms with E-state index in [1.165, 1.54) is 0 Å². The van der Waals surface area contributed by atoms with Crippen LogP contribution in [0.25, 0.3) is 6.08 Å². The van der Waals surface area contributed by atoms with Crippen LogP contribution in [0.1, 0.15) is 5.56 Å². The summed E-state index contributed by atoms with van der Waals surface area (Å²) < 4.78 is 0. The molecule has 2 aliphatic rings. The van der Waals surface area contributed by atoms with E-state index in [1.807, 2.05) is 30.3 Å². The summed E-state index contributed by atoms with van der Waals surface area (Å²) in [6.45, 7) is 0.0656. The Morgan fingerprint density at radius 1 is 0.957 bits per heavy atom. The molecule has 3 rings (SSSR count). The predicted molar refractivity (Wildman–Crippen MR) is 88.7 cm³/mol. The molecule has 2 heterocycles. The van der Waals surface area contributed by atoms with Gasteiger partial charge in [0.2, 0.25) is 5.91 Å². The number of nitrogens with zero attached hydrogens (tertiary/aromatic N) is 2. The number of hydrogen-bond acceptors (Lipinski definition) is 6. The van der Waals surface area contributed by atoms with E-state index in [-0.39, 0.29) is 35.2 Å². The molecule has 1 aromatic rings. The van der Waals surface area contributed by atoms with E-state index in [1.54, 1.807) is 6.08 Å². The van der Waals surface area contributed by atoms with E-state index < -0.39 is 5.91 Å². The Morgan fingerprint density at radius 3 is 2.30 bits per heavy atom. The molecule has 0 N–H and O–H groups in total. The fourth-order valence-electron chi connectivity index (χ4n) is 2.19. The fourth-order valence-corrected chi connectivity index (χ4v) is 3.81. The number of hydrogen-bond donors (Lipinski definition) is 0. The minimum atomic E-state index is -0.393. The summed E-state index contributed by atoms with van der Waals surface area (Å²) in [6, 6.07) is 9.24. The van der Waals surface area contributed by atoms with Crippen LogP contribution in [0.5, 0.6) is 0 Å². The van der Waals surface area contributed by atoms with Gasteiger partial charge in [-0.05, 0) is 23.4 Å². The largest absolute Gasteiger partial charge is 0.293 e. The van der Waals surface area contributed by atoms with E-state index in [0.717, 1.165) is 38.9 Å². The quantitative estimate of drug-likeness (QED) is 0.778. The van der Waals surface area contributed by atoms with Crippen LogP contribution >= 0.6 is 23.5 Å². The van der Waals surface area contributed by atoms with Gasteiger partial charge in [0.05, 0.1) is 10.7 Å². The van der Waals surface area contributed by atoms with Gasteiger partial charge in [0, 0.05) is 13.1 Å². The molecule has 118 valence electrons. The van der Waals surface area contributed by atoms with Crippen molar-refractivity contribution in [2.24, 2.45) is 0 Å². The van der Waals surface area contributed by atoms with Crippen LogP contribution < -0.4 is 0 Å². The predicted octanol–water partition coefficient (Wildman–Crippen LogP) is 2.42. The van der Waals surface area contributed by atoms with Crippen LogP contribution in [0.2, 0.25) is 0 Å². The van der Waals surface area contributed by atoms with Gasteiger partial charge >= 0.3 is 0 Å². The minimum absolute atomic E-state index is 0.0227. The van der Waals surface area contributed by atoms with Gasteiger partial charge in [-0.25, -0.2) is 0 Å². The summed E-state index contributed by atoms with van der Waals surface area (Å²) in [4.78, 5) is 49.8. The molecular formula is C15H12N2O4S2. The molecule has 0 unspecified atom stereocenters. The molecule has 6 nitrogen and oxygen atoms in total. The fraction of sp³-hybridized carbons (Fsp3) is 0.200. The Hall–Kier alpha value is -2.06. The van der Waals surface area contributed by atoms with Gasteiger partial charge in [-0.1, -0.05) is 42.1 Å². The normalized spacial score (nSPS) is 20.3. The van der Waals surface area contributed by atoms with Crippen LogP contribution in [0, 0.1) is 0 Å². The third-order valence-corrected chi connectivity index (χ3v) is 5.12. The molecule has 4 amide bonds. The van der Waals surface area contributed by atoms with Gasteiger partial charge in [0.15, 0.2) is 0 Å². The molecule has 0 atom stereocenters. The van der Waals surface area contributed by atoms with Crippen LogP contribution in [0.15, 0.2) is 35.2 Å². The van der Waals surface area contributed by atoms with Crippen molar-refractivity contribution in [2.75, 3.05) is 18.8 Å². The highest BCUT2D eigenvalue weighted by molar-refractivity contribution is 8.18. The first-order valence-corrected chi connectivity index (χ1v) is 8.64. The van der Waals surface area contributed by atoms with Crippen molar-refractivity contribution in [3.63, 3.8) is 0 Å². The van der Waals surface area contributed by atoms with Crippen molar-refractivity contribution in [1.82, 2.24) is 9.80 Å². The standard InChI is InChI=1S/C15H12N2O4S2/c18-12-9-22-14(20)16(12)6-7-17-13(19)11(23-15(17)21)8-10-4-2-1-3-5-10/h1-5,8H,6-7,9H2. The first-order chi connectivity index (χ1) is 11.1. The molecule has 2 fully saturated rings. The van der Waals surface area contributed by atoms with Gasteiger partial charge in [-0.3, -0.25) is 29.0 Å². The maximum Gasteiger partial charge on any atom is 0.293 e. The highest BCUT2D eigenvalue weighted by Gasteiger charge is 2.37. The Bertz CT molecular complexity index is 701. The molecule has 0 radical (unpaired) electrons. The van der Waals surface area contributed by atoms with Crippen LogP contribution in [-0.2, 0) is 9.59 Å². The molecule has 0 spiro atoms. The second-order valence-corrected chi connectivity index (χ2v) is 6.76. The third kappa shape index (κ3) is 3.32. The number of rotatable bonds is 4. The Kier molecular flexibility index (Phi) is 4.53. The molecule has 0 aromatic heterocycles. The van der Waals surface area contributed by atoms with E-state index >= 15 is 0 Å². The van der Waals surface area contributed by atoms with E-state index in [0.29, 0.717) is 4.91 Å². The molecule has 8 heteroatoms. The van der Waals surface area contributed by atoms with Crippen molar-refractivity contribution in [1.29, 1.82) is 0 Å². The van der Waals surface area contributed by atoms with E-state index in [9.17, 15) is 19.2 Å². The summed E-state index contributed by atoms with van der Waals surface area (Å²) in [5, 5.41) is -0.717. The van der Waals surface area contributed by atoms with Gasteiger partial charge in [-0.15, -0.1) is 0 Å². The Balaban J connectivity index is 1.68. The molecule has 0 aliphatic carbocycles. The number of benzene rings is 1. The molecule has 0 saturated carbocycles. The monoisotopic (exact) mass is 348 g/mol. The van der Waals surface area contributed by atoms with Crippen molar-refractivity contribution >= 4 is 51.9 Å². The summed E-state index contributed by atoms with van der Waals surface area (Å²) in [5.41, 5.74) is 0.833. The summed E-state index contributed by atoms with van der Waals surface area (Å²) in [5.74, 6) is -0.559. The lowest BCUT2D eigenvalue weighted by molar-refractivity contribution is -0.126. The van der Waals surface area contributed by atoms with Crippen molar-refractivity contribution in [3.8, 4) is 0 Å². The van der Waals surface area contributed by atoms with Crippen molar-refractivity contribution < 1.29 is 19.2 Å². The number of imide groups is 2. The third-order valence-electron chi connectivity index (χ3n) is 3.36. The van der Waals surface area contributed by atoms with Gasteiger partial charge in [0.1, 0.15) is 0 Å². The second-order valence-electron chi connectivity index (χ2n) is 4.84. The Morgan fingerprint density at radius 2 is 1.65 bits per heavy atom. The number of carbonyl (C=O) groups excluding carboxylic acids is 4. The topological polar surface area (TPSA) is 74.8 Å². The highest BCUT2D eigenvalue weighted by Crippen LogP contribution is 2.32. The minimum Gasteiger partial charge on any atom is -0.273 e. The SMILES string of the molecule is O=C1CSC(=O)N1CCN1C(=O)SC(=Cc2ccccc2)C1=O. The van der Waals surface area contributed by atoms with E-state index in [4.69, 9.17) is 0 Å². The number of carbonyl (C=O) groups is 4. The van der Waals surface area contributed by atoms with Gasteiger partial charge < -0.3 is 0 Å². The van der Waals surface area contributed by atoms with Crippen LogP contribution in [-0.4, -0.2) is 50.9 Å². The van der Waals surface area contributed by atoms with Gasteiger partial charge in [-0.2, -0.15) is 0 Å². The molecule has 1 aromatic carbocycles. The second kappa shape index (κ2) is 6.59. The molecular weight excluding hydrogens is 336 g/mol. The average Bonchev–Trinajstić information content (AvgIpc) is 2.99. The Labute approximate surface area is 140 Å². The maximum absolute atomic E-state index is 12.3. The first-order valence-electron chi connectivity index (χ1n) is 6.84. The molecule has 23 heavy (non-hydrogen) atoms. The number of amides is 4. The molecule has 2 aliphatic heterocycles. The van der Waals surface area contributed by atoms with Crippen molar-refractivity contribution in [3.05, 3.63) is 40.8 Å². The van der Waals surface area contributed by atoms with Crippen LogP contribution in [0.3, 0.4) is 0 Å². The zero-order valence-electron chi connectivity index (χ0n) is 11.9. The smallest absolute Gasteiger partial charge is 0.273 e. The van der Waals surface area contributed by atoms with Crippen molar-refractivity contribution in [2.45, 2.75) is 0 Å². The summed E-state index contributed by atoms with van der Waals surface area (Å²) in [6.07, 6.45) is 1.66. The highest BCUT2D eigenvalue weighted by atomic mass is 32.2. The molecule has 2 saturated heterocycles. The summed E-state index contributed by atoms with van der Waals surface area (Å²) in [7, 11) is 0. The maximum atomic E-state index is 12.3. The molecule has 0 bridgehead atoms.